The van der Waals surface area contributed by atoms with Crippen molar-refractivity contribution in [3.8, 4) is 0 Å². The first kappa shape index (κ1) is 14.9. The van der Waals surface area contributed by atoms with E-state index in [4.69, 9.17) is 0 Å². The summed E-state index contributed by atoms with van der Waals surface area (Å²) in [6.45, 7) is 1.96. The van der Waals surface area contributed by atoms with Crippen LogP contribution in [0.15, 0.2) is 30.3 Å². The molecule has 0 fully saturated rings. The topological polar surface area (TPSA) is 59.1 Å². The van der Waals surface area contributed by atoms with E-state index in [1.807, 2.05) is 44.3 Å². The lowest BCUT2D eigenvalue weighted by Crippen LogP contribution is -2.20. The predicted octanol–water partition coefficient (Wildman–Crippen LogP) is 2.24. The smallest absolute Gasteiger partial charge is 0.147 e. The summed E-state index contributed by atoms with van der Waals surface area (Å²) < 4.78 is 22.7. The molecule has 1 aromatic heterocycles. The summed E-state index contributed by atoms with van der Waals surface area (Å²) >= 11 is 0. The van der Waals surface area contributed by atoms with Crippen molar-refractivity contribution in [1.29, 1.82) is 0 Å². The first-order chi connectivity index (χ1) is 9.40. The third kappa shape index (κ3) is 3.55. The minimum Gasteiger partial charge on any atom is -0.313 e. The Kier molecular flexibility index (Phi) is 4.40. The first-order valence-corrected chi connectivity index (χ1v) is 8.68. The fraction of sp³-hybridized carbons (Fsp3) is 0.400. The number of rotatable bonds is 5. The van der Waals surface area contributed by atoms with Crippen LogP contribution in [-0.4, -0.2) is 32.5 Å². The van der Waals surface area contributed by atoms with E-state index in [1.54, 1.807) is 0 Å². The van der Waals surface area contributed by atoms with Gasteiger partial charge in [-0.1, -0.05) is 18.2 Å². The molecule has 0 aliphatic carbocycles. The molecule has 0 radical (unpaired) electrons. The fourth-order valence-electron chi connectivity index (χ4n) is 2.42. The first-order valence-electron chi connectivity index (χ1n) is 6.62. The van der Waals surface area contributed by atoms with Crippen molar-refractivity contribution in [2.75, 3.05) is 19.1 Å². The van der Waals surface area contributed by atoms with Crippen molar-refractivity contribution < 1.29 is 8.42 Å². The van der Waals surface area contributed by atoms with Crippen molar-refractivity contribution in [3.63, 3.8) is 0 Å². The Morgan fingerprint density at radius 2 is 2.00 bits per heavy atom. The van der Waals surface area contributed by atoms with Gasteiger partial charge in [0.25, 0.3) is 0 Å². The maximum Gasteiger partial charge on any atom is 0.147 e. The van der Waals surface area contributed by atoms with E-state index in [-0.39, 0.29) is 11.8 Å². The Morgan fingerprint density at radius 3 is 2.65 bits per heavy atom. The largest absolute Gasteiger partial charge is 0.313 e. The highest BCUT2D eigenvalue weighted by atomic mass is 32.2. The molecule has 0 amide bonds. The van der Waals surface area contributed by atoms with E-state index in [2.05, 4.69) is 10.3 Å². The SMILES string of the molecule is CNC(CCS(C)(=O)=O)c1cc(C)nc2ccccc12. The van der Waals surface area contributed by atoms with Crippen LogP contribution in [-0.2, 0) is 9.84 Å². The van der Waals surface area contributed by atoms with E-state index in [1.165, 1.54) is 6.26 Å². The number of aromatic nitrogens is 1. The van der Waals surface area contributed by atoms with Gasteiger partial charge in [-0.25, -0.2) is 8.42 Å². The quantitative estimate of drug-likeness (QED) is 0.918. The molecule has 108 valence electrons. The monoisotopic (exact) mass is 292 g/mol. The van der Waals surface area contributed by atoms with E-state index < -0.39 is 9.84 Å². The summed E-state index contributed by atoms with van der Waals surface area (Å²) in [5.74, 6) is 0.175. The van der Waals surface area contributed by atoms with Gasteiger partial charge in [0.1, 0.15) is 9.84 Å². The summed E-state index contributed by atoms with van der Waals surface area (Å²) in [6.07, 6.45) is 1.83. The maximum atomic E-state index is 11.4. The van der Waals surface area contributed by atoms with Crippen LogP contribution in [0.2, 0.25) is 0 Å². The molecule has 1 unspecified atom stereocenters. The molecular formula is C15H20N2O2S. The summed E-state index contributed by atoms with van der Waals surface area (Å²) in [4.78, 5) is 4.52. The van der Waals surface area contributed by atoms with Crippen molar-refractivity contribution in [2.24, 2.45) is 0 Å². The molecule has 1 atom stereocenters. The highest BCUT2D eigenvalue weighted by Crippen LogP contribution is 2.26. The van der Waals surface area contributed by atoms with Gasteiger partial charge in [0.05, 0.1) is 11.3 Å². The average molecular weight is 292 g/mol. The second-order valence-corrected chi connectivity index (χ2v) is 7.39. The molecule has 5 heteroatoms. The summed E-state index contributed by atoms with van der Waals surface area (Å²) in [5.41, 5.74) is 3.00. The van der Waals surface area contributed by atoms with Gasteiger partial charge in [-0.15, -0.1) is 0 Å². The third-order valence-electron chi connectivity index (χ3n) is 3.38. The molecule has 20 heavy (non-hydrogen) atoms. The molecule has 0 aliphatic rings. The number of fused-ring (bicyclic) bond motifs is 1. The van der Waals surface area contributed by atoms with Gasteiger partial charge >= 0.3 is 0 Å². The minimum absolute atomic E-state index is 0.0105. The summed E-state index contributed by atoms with van der Waals surface area (Å²) in [7, 11) is -1.10. The molecule has 0 spiro atoms. The zero-order chi connectivity index (χ0) is 14.8. The molecule has 2 aromatic rings. The number of nitrogens with one attached hydrogen (secondary N) is 1. The lowest BCUT2D eigenvalue weighted by atomic mass is 9.99. The Hall–Kier alpha value is -1.46. The maximum absolute atomic E-state index is 11.4. The summed E-state index contributed by atoms with van der Waals surface area (Å²) in [5, 5.41) is 4.29. The fourth-order valence-corrected chi connectivity index (χ4v) is 3.08. The van der Waals surface area contributed by atoms with Gasteiger partial charge in [-0.2, -0.15) is 0 Å². The Labute approximate surface area is 120 Å². The molecule has 4 nitrogen and oxygen atoms in total. The van der Waals surface area contributed by atoms with Crippen LogP contribution >= 0.6 is 0 Å². The highest BCUT2D eigenvalue weighted by Gasteiger charge is 2.16. The van der Waals surface area contributed by atoms with Crippen LogP contribution < -0.4 is 5.32 Å². The van der Waals surface area contributed by atoms with E-state index in [9.17, 15) is 8.42 Å². The van der Waals surface area contributed by atoms with Gasteiger partial charge in [0.15, 0.2) is 0 Å². The van der Waals surface area contributed by atoms with Crippen LogP contribution in [0, 0.1) is 6.92 Å². The molecule has 1 aromatic carbocycles. The lowest BCUT2D eigenvalue weighted by Gasteiger charge is -2.18. The minimum atomic E-state index is -2.96. The molecule has 2 rings (SSSR count). The highest BCUT2D eigenvalue weighted by molar-refractivity contribution is 7.90. The normalized spacial score (nSPS) is 13.6. The second kappa shape index (κ2) is 5.89. The molecule has 0 aliphatic heterocycles. The van der Waals surface area contributed by atoms with E-state index in [0.717, 1.165) is 22.2 Å². The molecular weight excluding hydrogens is 272 g/mol. The van der Waals surface area contributed by atoms with Gasteiger partial charge in [0, 0.05) is 23.4 Å². The van der Waals surface area contributed by atoms with Gasteiger partial charge < -0.3 is 5.32 Å². The number of hydrogen-bond donors (Lipinski definition) is 1. The molecule has 0 saturated heterocycles. The number of nitrogens with zero attached hydrogens (tertiary/aromatic N) is 1. The number of benzene rings is 1. The number of aryl methyl sites for hydroxylation is 1. The van der Waals surface area contributed by atoms with Crippen LogP contribution in [0.4, 0.5) is 0 Å². The molecule has 0 saturated carbocycles. The number of sulfone groups is 1. The van der Waals surface area contributed by atoms with Gasteiger partial charge in [0.2, 0.25) is 0 Å². The van der Waals surface area contributed by atoms with Gasteiger partial charge in [-0.05, 0) is 38.1 Å². The Balaban J connectivity index is 2.43. The van der Waals surface area contributed by atoms with E-state index >= 15 is 0 Å². The van der Waals surface area contributed by atoms with Crippen molar-refractivity contribution in [3.05, 3.63) is 41.6 Å². The zero-order valence-corrected chi connectivity index (χ0v) is 12.9. The number of hydrogen-bond acceptors (Lipinski definition) is 4. The average Bonchev–Trinajstić information content (AvgIpc) is 2.37. The number of pyridine rings is 1. The third-order valence-corrected chi connectivity index (χ3v) is 4.35. The van der Waals surface area contributed by atoms with Crippen LogP contribution in [0.3, 0.4) is 0 Å². The van der Waals surface area contributed by atoms with Gasteiger partial charge in [-0.3, -0.25) is 4.98 Å². The van der Waals surface area contributed by atoms with Crippen molar-refractivity contribution >= 4 is 20.7 Å². The molecule has 1 N–H and O–H groups in total. The summed E-state index contributed by atoms with van der Waals surface area (Å²) in [6, 6.07) is 9.99. The Morgan fingerprint density at radius 1 is 1.30 bits per heavy atom. The van der Waals surface area contributed by atoms with Crippen LogP contribution in [0.1, 0.15) is 23.7 Å². The van der Waals surface area contributed by atoms with E-state index in [0.29, 0.717) is 6.42 Å². The molecule has 0 bridgehead atoms. The van der Waals surface area contributed by atoms with Crippen LogP contribution in [0.25, 0.3) is 10.9 Å². The Bertz CT molecular complexity index is 711. The lowest BCUT2D eigenvalue weighted by molar-refractivity contribution is 0.561. The second-order valence-electron chi connectivity index (χ2n) is 5.13. The molecule has 1 heterocycles. The van der Waals surface area contributed by atoms with Crippen molar-refractivity contribution in [1.82, 2.24) is 10.3 Å². The zero-order valence-electron chi connectivity index (χ0n) is 12.1. The number of para-hydroxylation sites is 1. The predicted molar refractivity (Wildman–Crippen MR) is 82.6 cm³/mol. The standard InChI is InChI=1S/C15H20N2O2S/c1-11-10-13(12-6-4-5-7-15(12)17-11)14(16-2)8-9-20(3,18)19/h4-7,10,14,16H,8-9H2,1-3H3. The van der Waals surface area contributed by atoms with Crippen LogP contribution in [0.5, 0.6) is 0 Å². The van der Waals surface area contributed by atoms with Crippen molar-refractivity contribution in [2.45, 2.75) is 19.4 Å².